The van der Waals surface area contributed by atoms with Crippen LogP contribution in [0.1, 0.15) is 19.8 Å². The third-order valence-corrected chi connectivity index (χ3v) is 1.05. The summed E-state index contributed by atoms with van der Waals surface area (Å²) >= 11 is 1.98. The first-order valence-corrected chi connectivity index (χ1v) is 3.09. The molecule has 49 valence electrons. The molecule has 4 heteroatoms. The molecule has 0 aromatic heterocycles. The molecule has 0 aliphatic carbocycles. The van der Waals surface area contributed by atoms with Crippen molar-refractivity contribution in [2.45, 2.75) is 19.8 Å². The monoisotopic (exact) mass is 190 g/mol. The van der Waals surface area contributed by atoms with Crippen LogP contribution in [0.4, 0.5) is 0 Å². The van der Waals surface area contributed by atoms with Crippen LogP contribution in [0.25, 0.3) is 0 Å². The van der Waals surface area contributed by atoms with E-state index in [2.05, 4.69) is 10.7 Å². The minimum Gasteiger partial charge on any atom is -1.00 e. The Balaban J connectivity index is -0.000000125. The molecule has 0 radical (unpaired) electrons. The maximum atomic E-state index is 3.07. The van der Waals surface area contributed by atoms with E-state index < -0.39 is 0 Å². The first-order valence-electron chi connectivity index (χ1n) is 2.31. The number of halogens is 2. The van der Waals surface area contributed by atoms with E-state index in [1.807, 2.05) is 20.7 Å². The summed E-state index contributed by atoms with van der Waals surface area (Å²) in [6, 6.07) is 0. The van der Waals surface area contributed by atoms with Crippen molar-refractivity contribution in [2.24, 2.45) is 0 Å². The largest absolute Gasteiger partial charge is 1.00 e. The Labute approximate surface area is 75.5 Å². The van der Waals surface area contributed by atoms with Crippen LogP contribution in [0.5, 0.6) is 0 Å². The molecule has 0 fully saturated rings. The van der Waals surface area contributed by atoms with Crippen molar-refractivity contribution in [2.75, 3.05) is 6.54 Å². The van der Waals surface area contributed by atoms with E-state index in [9.17, 15) is 0 Å². The summed E-state index contributed by atoms with van der Waals surface area (Å²) in [7, 11) is 0. The zero-order valence-corrected chi connectivity index (χ0v) is 7.95. The van der Waals surface area contributed by atoms with Gasteiger partial charge >= 0.3 is 50.8 Å². The minimum absolute atomic E-state index is 0. The van der Waals surface area contributed by atoms with Crippen molar-refractivity contribution in [3.8, 4) is 0 Å². The Kier molecular flexibility index (Phi) is 31.7. The molecule has 0 amide bonds. The maximum Gasteiger partial charge on any atom is -1.00 e. The van der Waals surface area contributed by atoms with Gasteiger partial charge in [0.2, 0.25) is 0 Å². The third-order valence-electron chi connectivity index (χ3n) is 0.655. The number of unbranched alkanes of at least 4 members (excludes halogenated alkanes) is 1. The molecule has 0 unspecified atom stereocenters. The van der Waals surface area contributed by atoms with Gasteiger partial charge < -0.3 is 24.8 Å². The molecule has 0 saturated carbocycles. The van der Waals surface area contributed by atoms with Crippen molar-refractivity contribution >= 4 is 0 Å². The average Bonchev–Trinajstić information content (AvgIpc) is 1.61. The Bertz CT molecular complexity index is 26.0. The van der Waals surface area contributed by atoms with Gasteiger partial charge in [0.25, 0.3) is 0 Å². The zero-order valence-electron chi connectivity index (χ0n) is 4.88. The van der Waals surface area contributed by atoms with Gasteiger partial charge in [0, 0.05) is 0 Å². The molecule has 0 bridgehead atoms. The summed E-state index contributed by atoms with van der Waals surface area (Å²) in [6.45, 7) is 3.36. The van der Waals surface area contributed by atoms with E-state index in [0.29, 0.717) is 0 Å². The fraction of sp³-hybridized carbons (Fsp3) is 1.00. The van der Waals surface area contributed by atoms with Crippen LogP contribution in [0.3, 0.4) is 0 Å². The molecule has 1 N–H and O–H groups in total. The number of hydrogen-bond acceptors (Lipinski definition) is 1. The van der Waals surface area contributed by atoms with Gasteiger partial charge in [-0.1, -0.05) is 0 Å². The maximum absolute atomic E-state index is 3.07. The summed E-state index contributed by atoms with van der Waals surface area (Å²) in [5.41, 5.74) is 0. The summed E-state index contributed by atoms with van der Waals surface area (Å²) < 4.78 is 3.07. The Morgan fingerprint density at radius 2 is 1.88 bits per heavy atom. The van der Waals surface area contributed by atoms with Gasteiger partial charge in [-0.3, -0.25) is 0 Å². The standard InChI is InChI=1S/C4H10N.2ClH.Ti/c1-2-3-4-5;;;/h5H,2-4H2,1H3;2*1H;/q-1;;;+3/p-2. The average molecular weight is 191 g/mol. The minimum atomic E-state index is 0. The van der Waals surface area contributed by atoms with Gasteiger partial charge in [0.1, 0.15) is 0 Å². The quantitative estimate of drug-likeness (QED) is 0.347. The molecule has 8 heavy (non-hydrogen) atoms. The van der Waals surface area contributed by atoms with Gasteiger partial charge in [0.05, 0.1) is 0 Å². The topological polar surface area (TPSA) is 12.0 Å². The Morgan fingerprint density at radius 3 is 2.00 bits per heavy atom. The fourth-order valence-electron chi connectivity index (χ4n) is 0.265. The first kappa shape index (κ1) is 16.1. The normalized spacial score (nSPS) is 6.88. The van der Waals surface area contributed by atoms with E-state index >= 15 is 0 Å². The second kappa shape index (κ2) is 15.7. The second-order valence-corrected chi connectivity index (χ2v) is 1.83. The SMILES string of the molecule is CCCC[NH][Ti+2].[Cl-].[Cl-]. The van der Waals surface area contributed by atoms with Crippen molar-refractivity contribution in [3.05, 3.63) is 0 Å². The van der Waals surface area contributed by atoms with E-state index in [-0.39, 0.29) is 24.8 Å². The van der Waals surface area contributed by atoms with Gasteiger partial charge in [-0.15, -0.1) is 0 Å². The van der Waals surface area contributed by atoms with Crippen molar-refractivity contribution in [1.29, 1.82) is 0 Å². The van der Waals surface area contributed by atoms with Gasteiger partial charge in [-0.05, 0) is 0 Å². The van der Waals surface area contributed by atoms with Crippen LogP contribution >= 0.6 is 0 Å². The van der Waals surface area contributed by atoms with Gasteiger partial charge in [-0.2, -0.15) is 0 Å². The Morgan fingerprint density at radius 1 is 1.38 bits per heavy atom. The number of rotatable bonds is 3. The van der Waals surface area contributed by atoms with E-state index in [1.54, 1.807) is 0 Å². The number of hydrogen-bond donors (Lipinski definition) is 1. The number of nitrogens with one attached hydrogen (secondary N) is 1. The molecule has 0 aromatic rings. The van der Waals surface area contributed by atoms with E-state index in [0.717, 1.165) is 6.54 Å². The van der Waals surface area contributed by atoms with Crippen molar-refractivity contribution in [1.82, 2.24) is 3.80 Å². The first-order chi connectivity index (χ1) is 2.91. The molecule has 0 saturated heterocycles. The molecule has 0 spiro atoms. The summed E-state index contributed by atoms with van der Waals surface area (Å²) in [6.07, 6.45) is 2.59. The Hall–Kier alpha value is 1.25. The third kappa shape index (κ3) is 15.7. The van der Waals surface area contributed by atoms with Crippen LogP contribution in [-0.2, 0) is 20.7 Å². The second-order valence-electron chi connectivity index (χ2n) is 1.28. The molecule has 0 aliphatic rings. The molecule has 0 heterocycles. The van der Waals surface area contributed by atoms with Crippen LogP contribution in [-0.4, -0.2) is 6.54 Å². The summed E-state index contributed by atoms with van der Waals surface area (Å²) in [5, 5.41) is 0. The zero-order chi connectivity index (χ0) is 4.83. The molecular weight excluding hydrogens is 181 g/mol. The fourth-order valence-corrected chi connectivity index (χ4v) is 0.541. The molecule has 1 nitrogen and oxygen atoms in total. The predicted octanol–water partition coefficient (Wildman–Crippen LogP) is -5.15. The predicted molar refractivity (Wildman–Crippen MR) is 22.9 cm³/mol. The molecule has 0 aromatic carbocycles. The smallest absolute Gasteiger partial charge is 1.00 e. The van der Waals surface area contributed by atoms with Crippen molar-refractivity contribution in [3.63, 3.8) is 0 Å². The van der Waals surface area contributed by atoms with Gasteiger partial charge in [-0.25, -0.2) is 0 Å². The van der Waals surface area contributed by atoms with E-state index in [4.69, 9.17) is 0 Å². The van der Waals surface area contributed by atoms with Crippen LogP contribution in [0.2, 0.25) is 0 Å². The van der Waals surface area contributed by atoms with Crippen LogP contribution in [0, 0.1) is 0 Å². The summed E-state index contributed by atoms with van der Waals surface area (Å²) in [5.74, 6) is 0. The van der Waals surface area contributed by atoms with Crippen LogP contribution < -0.4 is 28.6 Å². The van der Waals surface area contributed by atoms with E-state index in [1.165, 1.54) is 12.8 Å². The summed E-state index contributed by atoms with van der Waals surface area (Å²) in [4.78, 5) is 0. The molecular formula is C4H10Cl2NTi. The van der Waals surface area contributed by atoms with Gasteiger partial charge in [0.15, 0.2) is 0 Å². The molecule has 0 aliphatic heterocycles. The van der Waals surface area contributed by atoms with Crippen LogP contribution in [0.15, 0.2) is 0 Å². The molecule has 0 atom stereocenters. The van der Waals surface area contributed by atoms with Crippen molar-refractivity contribution < 1.29 is 45.5 Å². The molecule has 0 rings (SSSR count).